The van der Waals surface area contributed by atoms with Crippen LogP contribution < -0.4 is 18.9 Å². The zero-order chi connectivity index (χ0) is 28.1. The van der Waals surface area contributed by atoms with Gasteiger partial charge in [0.1, 0.15) is 0 Å². The molecule has 38 heavy (non-hydrogen) atoms. The lowest BCUT2D eigenvalue weighted by Crippen LogP contribution is -2.28. The van der Waals surface area contributed by atoms with Gasteiger partial charge in [0.05, 0.1) is 33.0 Å². The third kappa shape index (κ3) is 9.85. The molecule has 1 atom stereocenters. The van der Waals surface area contributed by atoms with Gasteiger partial charge in [-0.25, -0.2) is 9.59 Å². The summed E-state index contributed by atoms with van der Waals surface area (Å²) in [5.74, 6) is 2.43. The van der Waals surface area contributed by atoms with E-state index in [0.717, 1.165) is 48.9 Å². The van der Waals surface area contributed by atoms with Crippen LogP contribution in [-0.4, -0.2) is 91.7 Å². The second-order valence-corrected chi connectivity index (χ2v) is 11.4. The van der Waals surface area contributed by atoms with Crippen molar-refractivity contribution in [3.05, 3.63) is 47.5 Å². The van der Waals surface area contributed by atoms with Crippen LogP contribution in [0.4, 0.5) is 0 Å². The Morgan fingerprint density at radius 1 is 0.868 bits per heavy atom. The molecule has 1 fully saturated rings. The quantitative estimate of drug-likeness (QED) is 0.357. The molecule has 0 amide bonds. The van der Waals surface area contributed by atoms with Gasteiger partial charge in [-0.1, -0.05) is 12.1 Å². The molecule has 11 heteroatoms. The monoisotopic (exact) mass is 567 g/mol. The number of aliphatic carboxylic acids is 2. The van der Waals surface area contributed by atoms with Crippen LogP contribution in [0.15, 0.2) is 36.4 Å². The highest BCUT2D eigenvalue weighted by Gasteiger charge is 2.24. The van der Waals surface area contributed by atoms with Crippen molar-refractivity contribution in [2.75, 3.05) is 60.1 Å². The SMILES string of the molecule is COc1ccc(CCN(C)CC(CC2SCCS2)c2ccc(OC)c(OC)c2)cc1OC.O=C(O)C(=O)O. The zero-order valence-electron chi connectivity index (χ0n) is 22.5. The molecule has 0 aliphatic carbocycles. The highest BCUT2D eigenvalue weighted by Crippen LogP contribution is 2.40. The van der Waals surface area contributed by atoms with Crippen molar-refractivity contribution >= 4 is 35.5 Å². The summed E-state index contributed by atoms with van der Waals surface area (Å²) in [6.07, 6.45) is 2.12. The summed E-state index contributed by atoms with van der Waals surface area (Å²) in [5, 5.41) is 14.8. The predicted molar refractivity (Wildman–Crippen MR) is 152 cm³/mol. The van der Waals surface area contributed by atoms with Crippen LogP contribution >= 0.6 is 23.5 Å². The van der Waals surface area contributed by atoms with Crippen molar-refractivity contribution in [3.8, 4) is 23.0 Å². The van der Waals surface area contributed by atoms with Crippen molar-refractivity contribution in [1.29, 1.82) is 0 Å². The summed E-state index contributed by atoms with van der Waals surface area (Å²) in [4.78, 5) is 20.6. The number of ether oxygens (including phenoxy) is 4. The van der Waals surface area contributed by atoms with E-state index in [2.05, 4.69) is 59.7 Å². The number of hydrogen-bond donors (Lipinski definition) is 2. The fourth-order valence-electron chi connectivity index (χ4n) is 4.02. The maximum Gasteiger partial charge on any atom is 0.414 e. The number of thioether (sulfide) groups is 2. The number of carboxylic acids is 2. The van der Waals surface area contributed by atoms with Crippen molar-refractivity contribution in [2.24, 2.45) is 0 Å². The number of carbonyl (C=O) groups is 2. The first-order valence-corrected chi connectivity index (χ1v) is 14.1. The smallest absolute Gasteiger partial charge is 0.414 e. The Labute approximate surface area is 232 Å². The Hall–Kier alpha value is -2.76. The number of likely N-dealkylation sites (N-methyl/N-ethyl adjacent to an activating group) is 1. The topological polar surface area (TPSA) is 115 Å². The minimum Gasteiger partial charge on any atom is -0.493 e. The van der Waals surface area contributed by atoms with Gasteiger partial charge in [0.25, 0.3) is 0 Å². The van der Waals surface area contributed by atoms with Gasteiger partial charge in [-0.05, 0) is 61.2 Å². The van der Waals surface area contributed by atoms with Gasteiger partial charge in [0, 0.05) is 24.6 Å². The van der Waals surface area contributed by atoms with Crippen LogP contribution in [0.5, 0.6) is 23.0 Å². The Balaban J connectivity index is 0.000000757. The van der Waals surface area contributed by atoms with Crippen LogP contribution in [0, 0.1) is 0 Å². The van der Waals surface area contributed by atoms with Gasteiger partial charge in [0.2, 0.25) is 0 Å². The van der Waals surface area contributed by atoms with Gasteiger partial charge < -0.3 is 34.1 Å². The fourth-order valence-corrected chi connectivity index (χ4v) is 7.02. The molecule has 0 saturated carbocycles. The first kappa shape index (κ1) is 31.5. The Kier molecular flexibility index (Phi) is 13.5. The molecule has 0 aromatic heterocycles. The maximum absolute atomic E-state index is 9.10. The zero-order valence-corrected chi connectivity index (χ0v) is 24.1. The van der Waals surface area contributed by atoms with Crippen molar-refractivity contribution in [1.82, 2.24) is 4.90 Å². The molecule has 1 aliphatic heterocycles. The summed E-state index contributed by atoms with van der Waals surface area (Å²) >= 11 is 4.18. The lowest BCUT2D eigenvalue weighted by Gasteiger charge is -2.27. The molecule has 2 aromatic carbocycles. The molecular weight excluding hydrogens is 530 g/mol. The summed E-state index contributed by atoms with van der Waals surface area (Å²) in [6.45, 7) is 1.98. The molecule has 1 heterocycles. The van der Waals surface area contributed by atoms with E-state index >= 15 is 0 Å². The van der Waals surface area contributed by atoms with Crippen LogP contribution in [0.2, 0.25) is 0 Å². The average Bonchev–Trinajstić information content (AvgIpc) is 3.44. The van der Waals surface area contributed by atoms with E-state index in [4.69, 9.17) is 38.7 Å². The minimum atomic E-state index is -1.82. The summed E-state index contributed by atoms with van der Waals surface area (Å²) in [7, 11) is 8.95. The van der Waals surface area contributed by atoms with Crippen LogP contribution in [-0.2, 0) is 16.0 Å². The van der Waals surface area contributed by atoms with Crippen LogP contribution in [0.25, 0.3) is 0 Å². The van der Waals surface area contributed by atoms with E-state index in [9.17, 15) is 0 Å². The van der Waals surface area contributed by atoms with E-state index in [1.807, 2.05) is 12.1 Å². The number of rotatable bonds is 12. The van der Waals surface area contributed by atoms with Gasteiger partial charge in [-0.15, -0.1) is 23.5 Å². The first-order valence-electron chi connectivity index (χ1n) is 12.0. The molecule has 2 N–H and O–H groups in total. The van der Waals surface area contributed by atoms with Gasteiger partial charge in [0.15, 0.2) is 23.0 Å². The summed E-state index contributed by atoms with van der Waals surface area (Å²) < 4.78 is 22.5. The highest BCUT2D eigenvalue weighted by atomic mass is 32.2. The normalized spacial score (nSPS) is 13.8. The Morgan fingerprint density at radius 2 is 1.39 bits per heavy atom. The van der Waals surface area contributed by atoms with Gasteiger partial charge in [-0.2, -0.15) is 0 Å². The third-order valence-corrected chi connectivity index (χ3v) is 9.07. The van der Waals surface area contributed by atoms with Crippen molar-refractivity contribution in [2.45, 2.75) is 23.3 Å². The molecule has 2 aromatic rings. The summed E-state index contributed by atoms with van der Waals surface area (Å²) in [6, 6.07) is 12.5. The fraction of sp³-hybridized carbons (Fsp3) is 0.481. The van der Waals surface area contributed by atoms with Crippen molar-refractivity contribution < 1.29 is 38.7 Å². The summed E-state index contributed by atoms with van der Waals surface area (Å²) in [5.41, 5.74) is 2.56. The lowest BCUT2D eigenvalue weighted by molar-refractivity contribution is -0.159. The minimum absolute atomic E-state index is 0.438. The van der Waals surface area contributed by atoms with E-state index in [1.54, 1.807) is 28.4 Å². The molecule has 0 bridgehead atoms. The predicted octanol–water partition coefficient (Wildman–Crippen LogP) is 4.33. The largest absolute Gasteiger partial charge is 0.493 e. The first-order chi connectivity index (χ1) is 18.2. The molecule has 210 valence electrons. The number of methoxy groups -OCH3 is 4. The molecule has 3 rings (SSSR count). The number of hydrogen-bond acceptors (Lipinski definition) is 9. The second-order valence-electron chi connectivity index (χ2n) is 8.53. The van der Waals surface area contributed by atoms with E-state index in [-0.39, 0.29) is 0 Å². The van der Waals surface area contributed by atoms with Gasteiger partial charge >= 0.3 is 11.9 Å². The number of benzene rings is 2. The van der Waals surface area contributed by atoms with E-state index in [0.29, 0.717) is 10.5 Å². The van der Waals surface area contributed by atoms with Crippen LogP contribution in [0.1, 0.15) is 23.5 Å². The second kappa shape index (κ2) is 16.3. The molecule has 1 unspecified atom stereocenters. The molecule has 1 saturated heterocycles. The number of carboxylic acid groups (broad SMARTS) is 2. The maximum atomic E-state index is 9.10. The van der Waals surface area contributed by atoms with Gasteiger partial charge in [-0.3, -0.25) is 0 Å². The molecule has 0 spiro atoms. The van der Waals surface area contributed by atoms with Crippen LogP contribution in [0.3, 0.4) is 0 Å². The van der Waals surface area contributed by atoms with E-state index in [1.165, 1.54) is 22.6 Å². The average molecular weight is 568 g/mol. The molecular formula is C27H37NO8S2. The van der Waals surface area contributed by atoms with Crippen molar-refractivity contribution in [3.63, 3.8) is 0 Å². The number of nitrogens with zero attached hydrogens (tertiary/aromatic N) is 1. The molecule has 9 nitrogen and oxygen atoms in total. The van der Waals surface area contributed by atoms with E-state index < -0.39 is 11.9 Å². The lowest BCUT2D eigenvalue weighted by atomic mass is 9.95. The third-order valence-electron chi connectivity index (χ3n) is 5.99. The molecule has 0 radical (unpaired) electrons. The highest BCUT2D eigenvalue weighted by molar-refractivity contribution is 8.20. The standard InChI is InChI=1S/C25H35NO4S2.C2H2O4/c1-26(11-10-18-6-8-21(27-2)23(14-18)29-4)17-20(16-25-31-12-13-32-25)19-7-9-22(28-3)24(15-19)30-5;3-1(4)2(5)6/h6-9,14-15,20,25H,10-13,16-17H2,1-5H3;(H,3,4)(H,5,6). The Morgan fingerprint density at radius 3 is 1.92 bits per heavy atom. The Bertz CT molecular complexity index is 1030. The molecule has 1 aliphatic rings.